The molecule has 11 nitrogen and oxygen atoms in total. The number of nitrogens with zero attached hydrogens (tertiary/aromatic N) is 4. The number of carboxylic acids is 1. The number of aliphatic carboxylic acids is 1. The summed E-state index contributed by atoms with van der Waals surface area (Å²) < 4.78 is 6.92. The number of ether oxygens (including phenoxy) is 1. The lowest BCUT2D eigenvalue weighted by atomic mass is 10.1. The molecule has 1 aliphatic heterocycles. The van der Waals surface area contributed by atoms with E-state index in [1.54, 1.807) is 0 Å². The molecule has 0 bridgehead atoms. The first-order valence-electron chi connectivity index (χ1n) is 7.76. The molecule has 136 valence electrons. The molecule has 0 aliphatic carbocycles. The second kappa shape index (κ2) is 7.27. The number of hydrogen-bond donors (Lipinski definition) is 4. The Morgan fingerprint density at radius 2 is 2.12 bits per heavy atom. The smallest absolute Gasteiger partial charge is 0.167 e. The molecule has 4 N–H and O–H groups in total. The summed E-state index contributed by atoms with van der Waals surface area (Å²) in [6, 6.07) is 0. The van der Waals surface area contributed by atoms with Gasteiger partial charge >= 0.3 is 0 Å². The van der Waals surface area contributed by atoms with E-state index in [2.05, 4.69) is 20.3 Å². The van der Waals surface area contributed by atoms with Crippen molar-refractivity contribution in [2.75, 3.05) is 18.5 Å². The van der Waals surface area contributed by atoms with Crippen molar-refractivity contribution in [2.45, 2.75) is 37.4 Å². The topological polar surface area (TPSA) is 166 Å². The van der Waals surface area contributed by atoms with E-state index in [-0.39, 0.29) is 6.42 Å². The molecular weight excluding hydrogens is 334 g/mol. The number of hydrogen-bond acceptors (Lipinski definition) is 10. The van der Waals surface area contributed by atoms with Gasteiger partial charge in [0.05, 0.1) is 12.9 Å². The normalized spacial score (nSPS) is 26.2. The molecule has 3 rings (SSSR count). The highest BCUT2D eigenvalue weighted by atomic mass is 16.6. The van der Waals surface area contributed by atoms with Crippen molar-refractivity contribution in [3.8, 4) is 0 Å². The van der Waals surface area contributed by atoms with Gasteiger partial charge in [-0.2, -0.15) is 0 Å². The van der Waals surface area contributed by atoms with Crippen LogP contribution in [0.4, 0.5) is 5.82 Å². The fraction of sp³-hybridized carbons (Fsp3) is 0.571. The first-order valence-corrected chi connectivity index (χ1v) is 7.76. The third-order valence-corrected chi connectivity index (χ3v) is 4.00. The third-order valence-electron chi connectivity index (χ3n) is 4.00. The molecule has 25 heavy (non-hydrogen) atoms. The van der Waals surface area contributed by atoms with Crippen LogP contribution in [0.5, 0.6) is 0 Å². The Balaban J connectivity index is 1.80. The molecule has 2 aromatic rings. The second-order valence-corrected chi connectivity index (χ2v) is 5.68. The second-order valence-electron chi connectivity index (χ2n) is 5.68. The maximum Gasteiger partial charge on any atom is 0.167 e. The van der Waals surface area contributed by atoms with Crippen LogP contribution in [0.1, 0.15) is 19.1 Å². The van der Waals surface area contributed by atoms with Gasteiger partial charge in [0.2, 0.25) is 0 Å². The van der Waals surface area contributed by atoms with Crippen LogP contribution in [0.25, 0.3) is 11.2 Å². The molecule has 2 aromatic heterocycles. The van der Waals surface area contributed by atoms with Crippen LogP contribution in [-0.2, 0) is 9.53 Å². The zero-order valence-corrected chi connectivity index (χ0v) is 13.1. The minimum absolute atomic E-state index is 0.0712. The highest BCUT2D eigenvalue weighted by Gasteiger charge is 2.44. The Hall–Kier alpha value is -2.34. The number of fused-ring (bicyclic) bond motifs is 1. The van der Waals surface area contributed by atoms with E-state index in [1.165, 1.54) is 17.2 Å². The molecule has 0 amide bonds. The molecule has 0 aromatic carbocycles. The van der Waals surface area contributed by atoms with Crippen molar-refractivity contribution in [1.82, 2.24) is 19.5 Å². The summed E-state index contributed by atoms with van der Waals surface area (Å²) in [4.78, 5) is 22.8. The minimum Gasteiger partial charge on any atom is -0.550 e. The van der Waals surface area contributed by atoms with Crippen LogP contribution in [0, 0.1) is 0 Å². The molecule has 0 spiro atoms. The number of carbonyl (C=O) groups excluding carboxylic acids is 1. The summed E-state index contributed by atoms with van der Waals surface area (Å²) in [6.45, 7) is -0.0671. The molecule has 1 fully saturated rings. The van der Waals surface area contributed by atoms with E-state index < -0.39 is 37.1 Å². The van der Waals surface area contributed by atoms with Crippen molar-refractivity contribution >= 4 is 23.0 Å². The van der Waals surface area contributed by atoms with Gasteiger partial charge in [-0.3, -0.25) is 4.57 Å². The predicted molar refractivity (Wildman–Crippen MR) is 81.1 cm³/mol. The molecule has 4 atom stereocenters. The van der Waals surface area contributed by atoms with Gasteiger partial charge in [0, 0.05) is 12.5 Å². The van der Waals surface area contributed by atoms with Gasteiger partial charge < -0.3 is 35.3 Å². The van der Waals surface area contributed by atoms with Crippen molar-refractivity contribution in [2.24, 2.45) is 0 Å². The Morgan fingerprint density at radius 1 is 1.32 bits per heavy atom. The zero-order valence-electron chi connectivity index (χ0n) is 13.1. The Kier molecular flexibility index (Phi) is 5.08. The van der Waals surface area contributed by atoms with Crippen LogP contribution in [0.2, 0.25) is 0 Å². The lowest BCUT2D eigenvalue weighted by Crippen LogP contribution is -2.33. The third kappa shape index (κ3) is 3.39. The predicted octanol–water partition coefficient (Wildman–Crippen LogP) is -2.62. The van der Waals surface area contributed by atoms with E-state index in [1.807, 2.05) is 0 Å². The first-order chi connectivity index (χ1) is 12.0. The van der Waals surface area contributed by atoms with Gasteiger partial charge in [-0.05, 0) is 12.8 Å². The maximum atomic E-state index is 10.4. The Labute approximate surface area is 141 Å². The number of aliphatic hydroxyl groups is 3. The van der Waals surface area contributed by atoms with E-state index in [0.717, 1.165) is 0 Å². The van der Waals surface area contributed by atoms with E-state index in [9.17, 15) is 25.2 Å². The molecular formula is C14H18N5O6-. The molecule has 0 saturated carbocycles. The van der Waals surface area contributed by atoms with Crippen molar-refractivity contribution in [3.63, 3.8) is 0 Å². The van der Waals surface area contributed by atoms with Crippen LogP contribution in [0.15, 0.2) is 12.7 Å². The lowest BCUT2D eigenvalue weighted by Gasteiger charge is -2.16. The minimum atomic E-state index is -1.25. The number of carbonyl (C=O) groups is 1. The highest BCUT2D eigenvalue weighted by Crippen LogP contribution is 2.31. The summed E-state index contributed by atoms with van der Waals surface area (Å²) in [6.07, 6.45) is -1.34. The quantitative estimate of drug-likeness (QED) is 0.387. The molecule has 1 saturated heterocycles. The van der Waals surface area contributed by atoms with Gasteiger partial charge in [0.15, 0.2) is 23.2 Å². The van der Waals surface area contributed by atoms with Crippen LogP contribution in [-0.4, -0.2) is 72.3 Å². The summed E-state index contributed by atoms with van der Waals surface area (Å²) in [5.41, 5.74) is 0.779. The van der Waals surface area contributed by atoms with Gasteiger partial charge in [-0.1, -0.05) is 0 Å². The summed E-state index contributed by atoms with van der Waals surface area (Å²) >= 11 is 0. The molecule has 11 heteroatoms. The van der Waals surface area contributed by atoms with Crippen LogP contribution >= 0.6 is 0 Å². The SMILES string of the molecule is O=C([O-])CCCNc1ncnc2c1ncn2C1OC(CO)C(O)C1O. The average Bonchev–Trinajstić information content (AvgIpc) is 3.14. The number of aromatic nitrogens is 4. The summed E-state index contributed by atoms with van der Waals surface area (Å²) in [5, 5.41) is 42.6. The Morgan fingerprint density at radius 3 is 2.80 bits per heavy atom. The van der Waals surface area contributed by atoms with Crippen molar-refractivity contribution in [3.05, 3.63) is 12.7 Å². The number of rotatable bonds is 7. The average molecular weight is 352 g/mol. The molecule has 1 aliphatic rings. The number of imidazole rings is 1. The molecule has 3 heterocycles. The van der Waals surface area contributed by atoms with Crippen LogP contribution < -0.4 is 10.4 Å². The molecule has 0 radical (unpaired) electrons. The fourth-order valence-electron chi connectivity index (χ4n) is 2.72. The number of nitrogens with one attached hydrogen (secondary N) is 1. The Bertz CT molecular complexity index is 752. The summed E-state index contributed by atoms with van der Waals surface area (Å²) in [5.74, 6) is -0.711. The van der Waals surface area contributed by atoms with Crippen molar-refractivity contribution < 1.29 is 30.0 Å². The number of carboxylic acid groups (broad SMARTS) is 1. The van der Waals surface area contributed by atoms with E-state index >= 15 is 0 Å². The molecule has 4 unspecified atom stereocenters. The van der Waals surface area contributed by atoms with Gasteiger partial charge in [0.25, 0.3) is 0 Å². The summed E-state index contributed by atoms with van der Waals surface area (Å²) in [7, 11) is 0. The number of anilines is 1. The monoisotopic (exact) mass is 352 g/mol. The fourth-order valence-corrected chi connectivity index (χ4v) is 2.72. The largest absolute Gasteiger partial charge is 0.550 e. The van der Waals surface area contributed by atoms with Gasteiger partial charge in [0.1, 0.15) is 24.6 Å². The standard InChI is InChI=1S/C14H19N5O6/c20-4-7-10(23)11(24)14(25-7)19-6-18-9-12(16-5-17-13(9)19)15-3-1-2-8(21)22/h5-7,10-11,14,20,23-24H,1-4H2,(H,21,22)(H,15,16,17)/p-1. The lowest BCUT2D eigenvalue weighted by molar-refractivity contribution is -0.305. The van der Waals surface area contributed by atoms with Crippen molar-refractivity contribution in [1.29, 1.82) is 0 Å². The van der Waals surface area contributed by atoms with Gasteiger partial charge in [-0.15, -0.1) is 0 Å². The van der Waals surface area contributed by atoms with Gasteiger partial charge in [-0.25, -0.2) is 15.0 Å². The highest BCUT2D eigenvalue weighted by molar-refractivity contribution is 5.82. The zero-order chi connectivity index (χ0) is 18.0. The van der Waals surface area contributed by atoms with Crippen LogP contribution in [0.3, 0.4) is 0 Å². The first kappa shape index (κ1) is 17.5. The van der Waals surface area contributed by atoms with E-state index in [4.69, 9.17) is 4.74 Å². The maximum absolute atomic E-state index is 10.4. The number of aliphatic hydroxyl groups excluding tert-OH is 3. The van der Waals surface area contributed by atoms with E-state index in [0.29, 0.717) is 29.9 Å².